The van der Waals surface area contributed by atoms with Gasteiger partial charge in [-0.15, -0.1) is 0 Å². The van der Waals surface area contributed by atoms with Crippen molar-refractivity contribution in [3.8, 4) is 5.75 Å². The molecule has 0 atom stereocenters. The van der Waals surface area contributed by atoms with Crippen molar-refractivity contribution in [2.45, 2.75) is 6.92 Å². The predicted molar refractivity (Wildman–Crippen MR) is 67.8 cm³/mol. The molecule has 0 saturated heterocycles. The Kier molecular flexibility index (Phi) is 3.66. The number of methoxy groups -OCH3 is 1. The second-order valence-electron chi connectivity index (χ2n) is 3.63. The topological polar surface area (TPSA) is 76.2 Å². The highest BCUT2D eigenvalue weighted by Gasteiger charge is 2.06. The van der Waals surface area contributed by atoms with Crippen molar-refractivity contribution in [2.24, 2.45) is 0 Å². The number of aromatic amines is 1. The molecule has 0 bridgehead atoms. The number of nitrogens with zero attached hydrogens (tertiary/aromatic N) is 1. The molecule has 1 aromatic carbocycles. The fourth-order valence-electron chi connectivity index (χ4n) is 1.57. The van der Waals surface area contributed by atoms with Gasteiger partial charge in [0.2, 0.25) is 5.95 Å². The third-order valence-corrected chi connectivity index (χ3v) is 2.39. The summed E-state index contributed by atoms with van der Waals surface area (Å²) in [6.45, 7) is 2.23. The summed E-state index contributed by atoms with van der Waals surface area (Å²) in [4.78, 5) is 18.5. The van der Waals surface area contributed by atoms with Crippen molar-refractivity contribution in [3.05, 3.63) is 18.2 Å². The summed E-state index contributed by atoms with van der Waals surface area (Å²) in [6.07, 6.45) is 0. The number of imidazole rings is 1. The number of carbonyl (C=O) groups excluding carboxylic acids is 1. The first kappa shape index (κ1) is 12.2. The lowest BCUT2D eigenvalue weighted by molar-refractivity contribution is -0.140. The van der Waals surface area contributed by atoms with E-state index in [-0.39, 0.29) is 12.5 Å². The van der Waals surface area contributed by atoms with E-state index in [0.29, 0.717) is 12.6 Å². The van der Waals surface area contributed by atoms with E-state index in [1.165, 1.54) is 0 Å². The monoisotopic (exact) mass is 249 g/mol. The van der Waals surface area contributed by atoms with Gasteiger partial charge in [0.15, 0.2) is 0 Å². The molecule has 0 saturated carbocycles. The molecular formula is C12H15N3O3. The lowest BCUT2D eigenvalue weighted by Crippen LogP contribution is -2.17. The third-order valence-electron chi connectivity index (χ3n) is 2.39. The highest BCUT2D eigenvalue weighted by atomic mass is 16.5. The fraction of sp³-hybridized carbons (Fsp3) is 0.333. The smallest absolute Gasteiger partial charge is 0.325 e. The molecule has 2 aromatic rings. The SMILES string of the molecule is CCOC(=O)CNc1nc2ccc(OC)cc2[nH]1. The number of rotatable bonds is 5. The molecule has 0 aliphatic heterocycles. The standard InChI is InChI=1S/C12H15N3O3/c1-3-18-11(16)7-13-12-14-9-5-4-8(17-2)6-10(9)15-12/h4-6H,3,7H2,1-2H3,(H2,13,14,15). The highest BCUT2D eigenvalue weighted by molar-refractivity contribution is 5.80. The van der Waals surface area contributed by atoms with Gasteiger partial charge in [0.25, 0.3) is 0 Å². The maximum absolute atomic E-state index is 11.2. The Hall–Kier alpha value is -2.24. The molecule has 2 rings (SSSR count). The molecule has 0 unspecified atom stereocenters. The van der Waals surface area contributed by atoms with Crippen LogP contribution < -0.4 is 10.1 Å². The van der Waals surface area contributed by atoms with Crippen LogP contribution in [0.25, 0.3) is 11.0 Å². The zero-order valence-corrected chi connectivity index (χ0v) is 10.3. The van der Waals surface area contributed by atoms with Gasteiger partial charge in [-0.05, 0) is 19.1 Å². The molecular weight excluding hydrogens is 234 g/mol. The van der Waals surface area contributed by atoms with E-state index in [4.69, 9.17) is 9.47 Å². The second kappa shape index (κ2) is 5.39. The Bertz CT molecular complexity index is 550. The number of fused-ring (bicyclic) bond motifs is 1. The van der Waals surface area contributed by atoms with E-state index in [9.17, 15) is 4.79 Å². The van der Waals surface area contributed by atoms with Crippen molar-refractivity contribution in [1.82, 2.24) is 9.97 Å². The maximum Gasteiger partial charge on any atom is 0.325 e. The van der Waals surface area contributed by atoms with Crippen molar-refractivity contribution < 1.29 is 14.3 Å². The molecule has 0 spiro atoms. The molecule has 1 heterocycles. The second-order valence-corrected chi connectivity index (χ2v) is 3.63. The number of ether oxygens (including phenoxy) is 2. The fourth-order valence-corrected chi connectivity index (χ4v) is 1.57. The van der Waals surface area contributed by atoms with Gasteiger partial charge in [-0.2, -0.15) is 0 Å². The van der Waals surface area contributed by atoms with E-state index >= 15 is 0 Å². The molecule has 0 fully saturated rings. The third kappa shape index (κ3) is 2.71. The Morgan fingerprint density at radius 2 is 2.33 bits per heavy atom. The van der Waals surface area contributed by atoms with Crippen LogP contribution in [-0.4, -0.2) is 36.2 Å². The zero-order chi connectivity index (χ0) is 13.0. The van der Waals surface area contributed by atoms with Gasteiger partial charge in [-0.25, -0.2) is 4.98 Å². The lowest BCUT2D eigenvalue weighted by atomic mass is 10.3. The molecule has 0 radical (unpaired) electrons. The van der Waals surface area contributed by atoms with Crippen LogP contribution in [0.5, 0.6) is 5.75 Å². The van der Waals surface area contributed by atoms with Crippen LogP contribution in [0.2, 0.25) is 0 Å². The van der Waals surface area contributed by atoms with Crippen LogP contribution in [0, 0.1) is 0 Å². The van der Waals surface area contributed by atoms with Crippen molar-refractivity contribution >= 4 is 23.0 Å². The number of anilines is 1. The first-order valence-electron chi connectivity index (χ1n) is 5.66. The Morgan fingerprint density at radius 1 is 1.50 bits per heavy atom. The summed E-state index contributed by atoms with van der Waals surface area (Å²) in [5, 5.41) is 2.87. The predicted octanol–water partition coefficient (Wildman–Crippen LogP) is 1.55. The maximum atomic E-state index is 11.2. The normalized spacial score (nSPS) is 10.3. The Labute approximate surface area is 104 Å². The van der Waals surface area contributed by atoms with E-state index < -0.39 is 0 Å². The van der Waals surface area contributed by atoms with E-state index in [0.717, 1.165) is 16.8 Å². The van der Waals surface area contributed by atoms with Crippen molar-refractivity contribution in [2.75, 3.05) is 25.6 Å². The largest absolute Gasteiger partial charge is 0.497 e. The van der Waals surface area contributed by atoms with Gasteiger partial charge < -0.3 is 19.8 Å². The minimum absolute atomic E-state index is 0.0881. The summed E-state index contributed by atoms with van der Waals surface area (Å²) in [5.41, 5.74) is 1.66. The molecule has 2 N–H and O–H groups in total. The van der Waals surface area contributed by atoms with Crippen molar-refractivity contribution in [1.29, 1.82) is 0 Å². The molecule has 6 nitrogen and oxygen atoms in total. The van der Waals surface area contributed by atoms with Gasteiger partial charge in [0.1, 0.15) is 12.3 Å². The summed E-state index contributed by atoms with van der Waals surface area (Å²) >= 11 is 0. The van der Waals surface area contributed by atoms with Crippen molar-refractivity contribution in [3.63, 3.8) is 0 Å². The average molecular weight is 249 g/mol. The molecule has 1 aromatic heterocycles. The molecule has 96 valence electrons. The van der Waals surface area contributed by atoms with Crippen LogP contribution in [0.4, 0.5) is 5.95 Å². The van der Waals surface area contributed by atoms with Gasteiger partial charge in [-0.1, -0.05) is 0 Å². The molecule has 6 heteroatoms. The molecule has 0 amide bonds. The quantitative estimate of drug-likeness (QED) is 0.786. The number of H-pyrrole nitrogens is 1. The Morgan fingerprint density at radius 3 is 3.06 bits per heavy atom. The van der Waals surface area contributed by atoms with Crippen LogP contribution in [-0.2, 0) is 9.53 Å². The number of aromatic nitrogens is 2. The summed E-state index contributed by atoms with van der Waals surface area (Å²) < 4.78 is 9.93. The first-order valence-corrected chi connectivity index (χ1v) is 5.66. The van der Waals surface area contributed by atoms with Gasteiger partial charge in [0, 0.05) is 6.07 Å². The zero-order valence-electron chi connectivity index (χ0n) is 10.3. The summed E-state index contributed by atoms with van der Waals surface area (Å²) in [5.74, 6) is 0.977. The number of hydrogen-bond acceptors (Lipinski definition) is 5. The molecule has 0 aliphatic rings. The first-order chi connectivity index (χ1) is 8.72. The number of esters is 1. The van der Waals surface area contributed by atoms with Crippen LogP contribution in [0.1, 0.15) is 6.92 Å². The Balaban J connectivity index is 2.08. The minimum atomic E-state index is -0.310. The number of carbonyl (C=O) groups is 1. The van der Waals surface area contributed by atoms with Crippen LogP contribution in [0.15, 0.2) is 18.2 Å². The van der Waals surface area contributed by atoms with E-state index in [2.05, 4.69) is 15.3 Å². The number of benzene rings is 1. The molecule has 18 heavy (non-hydrogen) atoms. The highest BCUT2D eigenvalue weighted by Crippen LogP contribution is 2.20. The van der Waals surface area contributed by atoms with Crippen LogP contribution >= 0.6 is 0 Å². The number of nitrogens with one attached hydrogen (secondary N) is 2. The molecule has 0 aliphatic carbocycles. The average Bonchev–Trinajstić information content (AvgIpc) is 2.78. The number of hydrogen-bond donors (Lipinski definition) is 2. The van der Waals surface area contributed by atoms with Gasteiger partial charge in [0.05, 0.1) is 24.8 Å². The van der Waals surface area contributed by atoms with Gasteiger partial charge in [-0.3, -0.25) is 4.79 Å². The van der Waals surface area contributed by atoms with E-state index in [1.807, 2.05) is 18.2 Å². The lowest BCUT2D eigenvalue weighted by Gasteiger charge is -2.01. The van der Waals surface area contributed by atoms with E-state index in [1.54, 1.807) is 14.0 Å². The van der Waals surface area contributed by atoms with Crippen LogP contribution in [0.3, 0.4) is 0 Å². The summed E-state index contributed by atoms with van der Waals surface area (Å²) in [6, 6.07) is 5.52. The minimum Gasteiger partial charge on any atom is -0.497 e. The summed E-state index contributed by atoms with van der Waals surface area (Å²) in [7, 11) is 1.61. The van der Waals surface area contributed by atoms with Gasteiger partial charge >= 0.3 is 5.97 Å².